The van der Waals surface area contributed by atoms with Crippen molar-refractivity contribution in [3.8, 4) is 0 Å². The number of amides is 1. The minimum Gasteiger partial charge on any atom is -0.325 e. The summed E-state index contributed by atoms with van der Waals surface area (Å²) in [5.74, 6) is -0.0811. The van der Waals surface area contributed by atoms with Crippen molar-refractivity contribution < 1.29 is 4.79 Å². The Hall–Kier alpha value is -1.84. The summed E-state index contributed by atoms with van der Waals surface area (Å²) < 4.78 is 0. The fourth-order valence-corrected chi connectivity index (χ4v) is 2.17. The molecule has 0 aromatic heterocycles. The summed E-state index contributed by atoms with van der Waals surface area (Å²) in [6, 6.07) is 15.5. The maximum Gasteiger partial charge on any atom is 0.238 e. The summed E-state index contributed by atoms with van der Waals surface area (Å²) >= 11 is 5.87. The Morgan fingerprint density at radius 2 is 1.81 bits per heavy atom. The molecule has 2 aromatic carbocycles. The van der Waals surface area contributed by atoms with Gasteiger partial charge in [0.1, 0.15) is 0 Å². The van der Waals surface area contributed by atoms with E-state index in [-0.39, 0.29) is 12.5 Å². The molecule has 110 valence electrons. The molecular formula is C17H19ClN2O. The van der Waals surface area contributed by atoms with Gasteiger partial charge in [-0.1, -0.05) is 48.9 Å². The van der Waals surface area contributed by atoms with Crippen LogP contribution in [-0.4, -0.2) is 12.5 Å². The van der Waals surface area contributed by atoms with Gasteiger partial charge in [-0.2, -0.15) is 0 Å². The predicted molar refractivity (Wildman–Crippen MR) is 87.6 cm³/mol. The monoisotopic (exact) mass is 302 g/mol. The first-order valence-electron chi connectivity index (χ1n) is 7.01. The molecule has 0 fully saturated rings. The van der Waals surface area contributed by atoms with Crippen molar-refractivity contribution in [3.05, 3.63) is 64.7 Å². The Morgan fingerprint density at radius 1 is 1.10 bits per heavy atom. The third-order valence-corrected chi connectivity index (χ3v) is 3.39. The van der Waals surface area contributed by atoms with Crippen LogP contribution in [0.25, 0.3) is 0 Å². The third-order valence-electron chi connectivity index (χ3n) is 3.15. The van der Waals surface area contributed by atoms with Crippen LogP contribution in [-0.2, 0) is 17.8 Å². The van der Waals surface area contributed by atoms with Gasteiger partial charge in [0.05, 0.1) is 6.54 Å². The van der Waals surface area contributed by atoms with Crippen molar-refractivity contribution in [2.75, 3.05) is 11.9 Å². The van der Waals surface area contributed by atoms with E-state index in [4.69, 9.17) is 11.6 Å². The summed E-state index contributed by atoms with van der Waals surface area (Å²) in [5.41, 5.74) is 3.20. The van der Waals surface area contributed by atoms with Crippen LogP contribution in [0.4, 0.5) is 5.69 Å². The first-order valence-corrected chi connectivity index (χ1v) is 7.39. The Labute approximate surface area is 130 Å². The van der Waals surface area contributed by atoms with Crippen LogP contribution in [0.5, 0.6) is 0 Å². The zero-order chi connectivity index (χ0) is 15.1. The van der Waals surface area contributed by atoms with E-state index in [1.165, 1.54) is 11.1 Å². The lowest BCUT2D eigenvalue weighted by atomic mass is 10.1. The lowest BCUT2D eigenvalue weighted by Gasteiger charge is -2.07. The maximum atomic E-state index is 11.8. The van der Waals surface area contributed by atoms with E-state index in [2.05, 4.69) is 41.8 Å². The van der Waals surface area contributed by atoms with Gasteiger partial charge in [-0.15, -0.1) is 0 Å². The molecule has 0 aliphatic carbocycles. The van der Waals surface area contributed by atoms with Crippen LogP contribution in [0.15, 0.2) is 48.5 Å². The van der Waals surface area contributed by atoms with Gasteiger partial charge < -0.3 is 10.6 Å². The average Bonchev–Trinajstić information content (AvgIpc) is 2.48. The van der Waals surface area contributed by atoms with E-state index >= 15 is 0 Å². The Kier molecular flexibility index (Phi) is 5.78. The molecule has 0 heterocycles. The lowest BCUT2D eigenvalue weighted by molar-refractivity contribution is -0.115. The molecule has 2 aromatic rings. The van der Waals surface area contributed by atoms with Crippen LogP contribution >= 0.6 is 11.6 Å². The summed E-state index contributed by atoms with van der Waals surface area (Å²) in [6.07, 6.45) is 1.04. The lowest BCUT2D eigenvalue weighted by Crippen LogP contribution is -2.27. The van der Waals surface area contributed by atoms with Crippen molar-refractivity contribution in [3.63, 3.8) is 0 Å². The minimum atomic E-state index is -0.0811. The number of nitrogens with one attached hydrogen (secondary N) is 2. The molecule has 0 radical (unpaired) electrons. The highest BCUT2D eigenvalue weighted by Crippen LogP contribution is 2.14. The molecule has 0 saturated carbocycles. The molecule has 0 saturated heterocycles. The van der Waals surface area contributed by atoms with Crippen molar-refractivity contribution in [2.45, 2.75) is 19.9 Å². The molecule has 0 atom stereocenters. The Balaban J connectivity index is 1.76. The standard InChI is InChI=1S/C17H19ClN2O/c1-2-13-6-8-14(9-7-13)11-19-12-17(21)20-16-5-3-4-15(18)10-16/h3-10,19H,2,11-12H2,1H3,(H,20,21). The molecule has 0 aliphatic heterocycles. The zero-order valence-electron chi connectivity index (χ0n) is 12.0. The molecular weight excluding hydrogens is 284 g/mol. The van der Waals surface area contributed by atoms with Crippen LogP contribution in [0.3, 0.4) is 0 Å². The molecule has 0 bridgehead atoms. The van der Waals surface area contributed by atoms with Crippen molar-refractivity contribution in [1.82, 2.24) is 5.32 Å². The number of hydrogen-bond donors (Lipinski definition) is 2. The van der Waals surface area contributed by atoms with Crippen LogP contribution in [0.1, 0.15) is 18.1 Å². The van der Waals surface area contributed by atoms with Gasteiger partial charge >= 0.3 is 0 Å². The normalized spacial score (nSPS) is 10.4. The van der Waals surface area contributed by atoms with E-state index in [0.29, 0.717) is 17.3 Å². The van der Waals surface area contributed by atoms with E-state index in [1.807, 2.05) is 6.07 Å². The molecule has 4 heteroatoms. The number of carbonyl (C=O) groups is 1. The predicted octanol–water partition coefficient (Wildman–Crippen LogP) is 3.63. The Bertz CT molecular complexity index is 596. The number of hydrogen-bond acceptors (Lipinski definition) is 2. The number of rotatable bonds is 6. The molecule has 0 spiro atoms. The summed E-state index contributed by atoms with van der Waals surface area (Å²) in [7, 11) is 0. The van der Waals surface area contributed by atoms with Crippen LogP contribution in [0, 0.1) is 0 Å². The second kappa shape index (κ2) is 7.81. The van der Waals surface area contributed by atoms with Gasteiger partial charge in [-0.3, -0.25) is 4.79 Å². The smallest absolute Gasteiger partial charge is 0.238 e. The van der Waals surface area contributed by atoms with Crippen molar-refractivity contribution in [1.29, 1.82) is 0 Å². The number of aryl methyl sites for hydroxylation is 1. The topological polar surface area (TPSA) is 41.1 Å². The van der Waals surface area contributed by atoms with Crippen molar-refractivity contribution in [2.24, 2.45) is 0 Å². The SMILES string of the molecule is CCc1ccc(CNCC(=O)Nc2cccc(Cl)c2)cc1. The highest BCUT2D eigenvalue weighted by molar-refractivity contribution is 6.30. The fraction of sp³-hybridized carbons (Fsp3) is 0.235. The van der Waals surface area contributed by atoms with E-state index in [1.54, 1.807) is 18.2 Å². The highest BCUT2D eigenvalue weighted by atomic mass is 35.5. The summed E-state index contributed by atoms with van der Waals surface area (Å²) in [4.78, 5) is 11.8. The van der Waals surface area contributed by atoms with E-state index < -0.39 is 0 Å². The second-order valence-corrected chi connectivity index (χ2v) is 5.27. The largest absolute Gasteiger partial charge is 0.325 e. The number of anilines is 1. The van der Waals surface area contributed by atoms with Crippen molar-refractivity contribution >= 4 is 23.2 Å². The quantitative estimate of drug-likeness (QED) is 0.855. The third kappa shape index (κ3) is 5.21. The summed E-state index contributed by atoms with van der Waals surface area (Å²) in [6.45, 7) is 3.07. The van der Waals surface area contributed by atoms with Gasteiger partial charge in [-0.05, 0) is 35.7 Å². The number of halogens is 1. The zero-order valence-corrected chi connectivity index (χ0v) is 12.8. The number of carbonyl (C=O) groups excluding carboxylic acids is 1. The first kappa shape index (κ1) is 15.5. The molecule has 0 aliphatic rings. The highest BCUT2D eigenvalue weighted by Gasteiger charge is 2.02. The van der Waals surface area contributed by atoms with Crippen LogP contribution < -0.4 is 10.6 Å². The minimum absolute atomic E-state index is 0.0811. The molecule has 2 rings (SSSR count). The summed E-state index contributed by atoms with van der Waals surface area (Å²) in [5, 5.41) is 6.54. The van der Waals surface area contributed by atoms with Gasteiger partial charge in [0, 0.05) is 17.3 Å². The molecule has 0 unspecified atom stereocenters. The van der Waals surface area contributed by atoms with Gasteiger partial charge in [0.2, 0.25) is 5.91 Å². The van der Waals surface area contributed by atoms with Crippen LogP contribution in [0.2, 0.25) is 5.02 Å². The van der Waals surface area contributed by atoms with Gasteiger partial charge in [0.15, 0.2) is 0 Å². The molecule has 1 amide bonds. The Morgan fingerprint density at radius 3 is 2.48 bits per heavy atom. The maximum absolute atomic E-state index is 11.8. The molecule has 3 nitrogen and oxygen atoms in total. The first-order chi connectivity index (χ1) is 10.2. The fourth-order valence-electron chi connectivity index (χ4n) is 1.98. The van der Waals surface area contributed by atoms with Gasteiger partial charge in [-0.25, -0.2) is 0 Å². The molecule has 21 heavy (non-hydrogen) atoms. The van der Waals surface area contributed by atoms with E-state index in [9.17, 15) is 4.79 Å². The second-order valence-electron chi connectivity index (χ2n) is 4.83. The van der Waals surface area contributed by atoms with E-state index in [0.717, 1.165) is 6.42 Å². The number of benzene rings is 2. The van der Waals surface area contributed by atoms with Gasteiger partial charge in [0.25, 0.3) is 0 Å². The average molecular weight is 303 g/mol. The molecule has 2 N–H and O–H groups in total.